The third-order valence-corrected chi connectivity index (χ3v) is 9.83. The van der Waals surface area contributed by atoms with Gasteiger partial charge in [0, 0.05) is 12.8 Å². The van der Waals surface area contributed by atoms with Gasteiger partial charge in [-0.25, -0.2) is 4.57 Å². The summed E-state index contributed by atoms with van der Waals surface area (Å²) in [5, 5.41) is 0. The number of phosphoric acid groups is 1. The van der Waals surface area contributed by atoms with Crippen molar-refractivity contribution in [3.8, 4) is 0 Å². The summed E-state index contributed by atoms with van der Waals surface area (Å²) in [5.41, 5.74) is 5.41. The van der Waals surface area contributed by atoms with E-state index in [1.807, 2.05) is 0 Å². The Bertz CT molecular complexity index is 901. The van der Waals surface area contributed by atoms with Crippen LogP contribution < -0.4 is 5.73 Å². The fraction of sp³-hybridized carbons (Fsp3) is 0.875. The quantitative estimate of drug-likeness (QED) is 0.0204. The van der Waals surface area contributed by atoms with E-state index >= 15 is 0 Å². The largest absolute Gasteiger partial charge is 0.472 e. The van der Waals surface area contributed by atoms with E-state index in [9.17, 15) is 23.8 Å². The Labute approximate surface area is 311 Å². The van der Waals surface area contributed by atoms with Crippen LogP contribution in [0.15, 0.2) is 12.2 Å². The number of carbonyl (C=O) groups is 3. The van der Waals surface area contributed by atoms with Crippen LogP contribution in [0.5, 0.6) is 0 Å². The second-order valence-corrected chi connectivity index (χ2v) is 15.4. The van der Waals surface area contributed by atoms with E-state index in [1.165, 1.54) is 96.3 Å². The van der Waals surface area contributed by atoms with Crippen molar-refractivity contribution in [3.05, 3.63) is 12.2 Å². The highest BCUT2D eigenvalue weighted by Gasteiger charge is 2.27. The zero-order valence-corrected chi connectivity index (χ0v) is 33.4. The minimum Gasteiger partial charge on any atom is -0.462 e. The molecular weight excluding hydrogens is 669 g/mol. The van der Waals surface area contributed by atoms with Gasteiger partial charge in [0.1, 0.15) is 12.9 Å². The van der Waals surface area contributed by atoms with Crippen molar-refractivity contribution in [2.75, 3.05) is 19.8 Å². The van der Waals surface area contributed by atoms with Crippen LogP contribution >= 0.6 is 7.82 Å². The van der Waals surface area contributed by atoms with Crippen molar-refractivity contribution in [2.24, 2.45) is 5.73 Å². The Hall–Kier alpha value is -1.58. The van der Waals surface area contributed by atoms with Crippen molar-refractivity contribution in [3.63, 3.8) is 0 Å². The molecule has 51 heavy (non-hydrogen) atoms. The maximum atomic E-state index is 12.6. The maximum Gasteiger partial charge on any atom is 0.472 e. The van der Waals surface area contributed by atoms with Crippen molar-refractivity contribution in [1.29, 1.82) is 0 Å². The number of rotatable bonds is 39. The highest BCUT2D eigenvalue weighted by Crippen LogP contribution is 2.43. The van der Waals surface area contributed by atoms with Gasteiger partial charge in [-0.2, -0.15) is 0 Å². The lowest BCUT2D eigenvalue weighted by Gasteiger charge is -2.20. The van der Waals surface area contributed by atoms with Gasteiger partial charge >= 0.3 is 19.8 Å². The third kappa shape index (κ3) is 36.6. The predicted octanol–water partition coefficient (Wildman–Crippen LogP) is 10.6. The molecule has 3 N–H and O–H groups in total. The average molecular weight is 746 g/mol. The Balaban J connectivity index is 4.33. The first-order chi connectivity index (χ1) is 24.7. The van der Waals surface area contributed by atoms with E-state index in [-0.39, 0.29) is 19.4 Å². The maximum absolute atomic E-state index is 12.6. The van der Waals surface area contributed by atoms with E-state index in [0.717, 1.165) is 57.8 Å². The number of carbonyl (C=O) groups excluding carboxylic acids is 3. The molecule has 3 atom stereocenters. The van der Waals surface area contributed by atoms with E-state index < -0.39 is 45.1 Å². The molecule has 1 unspecified atom stereocenters. The van der Waals surface area contributed by atoms with Crippen molar-refractivity contribution in [1.82, 2.24) is 0 Å². The molecule has 0 fully saturated rings. The van der Waals surface area contributed by atoms with Gasteiger partial charge in [-0.1, -0.05) is 154 Å². The summed E-state index contributed by atoms with van der Waals surface area (Å²) in [6, 6.07) is -1.08. The number of unbranched alkanes of at least 4 members (excludes halogenated alkanes) is 23. The first-order valence-corrected chi connectivity index (χ1v) is 22.1. The fourth-order valence-corrected chi connectivity index (χ4v) is 6.47. The Kier molecular flexibility index (Phi) is 35.6. The van der Waals surface area contributed by atoms with Crippen LogP contribution in [0.4, 0.5) is 0 Å². The van der Waals surface area contributed by atoms with E-state index in [1.54, 1.807) is 0 Å². The number of hydrogen-bond acceptors (Lipinski definition) is 9. The van der Waals surface area contributed by atoms with Gasteiger partial charge in [0.2, 0.25) is 0 Å². The molecule has 0 aliphatic carbocycles. The first kappa shape index (κ1) is 49.4. The van der Waals surface area contributed by atoms with Crippen LogP contribution in [0.2, 0.25) is 0 Å². The topological polar surface area (TPSA) is 151 Å². The summed E-state index contributed by atoms with van der Waals surface area (Å²) >= 11 is 0. The number of phosphoric ester groups is 1. The fourth-order valence-electron chi connectivity index (χ4n) is 5.68. The number of ether oxygens (including phenoxy) is 2. The number of aldehydes is 1. The van der Waals surface area contributed by atoms with Gasteiger partial charge in [0.25, 0.3) is 0 Å². The molecule has 11 heteroatoms. The molecule has 0 amide bonds. The standard InChI is InChI=1S/C40H76NO9P/c1-3-5-7-9-11-13-15-17-18-20-22-24-26-28-30-32-40(44)50-38(36-49-51(45,46)48-34-37(41)33-42)35-47-39(43)31-29-27-25-23-21-19-16-14-12-10-8-6-4-2/h17-18,33,37-38H,3-16,19-32,34-36,41H2,1-2H3,(H,45,46)/b18-17-/t37-,38-/m0/s1. The normalized spacial score (nSPS) is 14.0. The van der Waals surface area contributed by atoms with Gasteiger partial charge in [0.05, 0.1) is 19.3 Å². The predicted molar refractivity (Wildman–Crippen MR) is 206 cm³/mol. The molecule has 0 bridgehead atoms. The van der Waals surface area contributed by atoms with E-state index in [0.29, 0.717) is 19.1 Å². The second-order valence-electron chi connectivity index (χ2n) is 14.0. The minimum absolute atomic E-state index is 0.184. The number of allylic oxidation sites excluding steroid dienone is 2. The number of hydrogen-bond donors (Lipinski definition) is 2. The van der Waals surface area contributed by atoms with Gasteiger partial charge in [-0.3, -0.25) is 18.6 Å². The van der Waals surface area contributed by atoms with Gasteiger partial charge in [-0.15, -0.1) is 0 Å². The highest BCUT2D eigenvalue weighted by molar-refractivity contribution is 7.47. The SMILES string of the molecule is CCCCCCCC/C=C\CCCCCCCC(=O)O[C@@H](COC(=O)CCCCCCCCCCCCCCC)COP(=O)(O)OC[C@@H](N)C=O. The molecule has 0 aromatic carbocycles. The van der Waals surface area contributed by atoms with E-state index in [2.05, 4.69) is 26.0 Å². The Morgan fingerprint density at radius 2 is 0.980 bits per heavy atom. The van der Waals surface area contributed by atoms with Crippen LogP contribution in [-0.4, -0.2) is 55.1 Å². The molecule has 0 aliphatic heterocycles. The smallest absolute Gasteiger partial charge is 0.462 e. The summed E-state index contributed by atoms with van der Waals surface area (Å²) in [7, 11) is -4.58. The monoisotopic (exact) mass is 746 g/mol. The van der Waals surface area contributed by atoms with Crippen LogP contribution in [0.3, 0.4) is 0 Å². The first-order valence-electron chi connectivity index (χ1n) is 20.6. The van der Waals surface area contributed by atoms with Gasteiger partial charge < -0.3 is 24.9 Å². The molecule has 0 radical (unpaired) electrons. The summed E-state index contributed by atoms with van der Waals surface area (Å²) in [6.07, 6.45) is 35.0. The molecule has 0 aliphatic rings. The molecular formula is C40H76NO9P. The highest BCUT2D eigenvalue weighted by atomic mass is 31.2. The van der Waals surface area contributed by atoms with Crippen LogP contribution in [0.25, 0.3) is 0 Å². The molecule has 0 saturated heterocycles. The van der Waals surface area contributed by atoms with Crippen molar-refractivity contribution >= 4 is 26.0 Å². The number of nitrogens with two attached hydrogens (primary N) is 1. The molecule has 10 nitrogen and oxygen atoms in total. The molecule has 0 heterocycles. The summed E-state index contributed by atoms with van der Waals surface area (Å²) in [5.74, 6) is -0.915. The zero-order chi connectivity index (χ0) is 37.7. The third-order valence-electron chi connectivity index (χ3n) is 8.88. The van der Waals surface area contributed by atoms with Gasteiger partial charge in [0.15, 0.2) is 6.10 Å². The number of esters is 2. The van der Waals surface area contributed by atoms with Crippen molar-refractivity contribution < 1.29 is 42.4 Å². The van der Waals surface area contributed by atoms with Crippen LogP contribution in [0.1, 0.15) is 194 Å². The lowest BCUT2D eigenvalue weighted by Crippen LogP contribution is -2.30. The molecule has 0 saturated carbocycles. The molecule has 0 aromatic heterocycles. The summed E-state index contributed by atoms with van der Waals surface area (Å²) in [6.45, 7) is 3.15. The van der Waals surface area contributed by atoms with Crippen molar-refractivity contribution in [2.45, 2.75) is 206 Å². The van der Waals surface area contributed by atoms with E-state index in [4.69, 9.17) is 24.3 Å². The second kappa shape index (κ2) is 36.8. The lowest BCUT2D eigenvalue weighted by atomic mass is 10.0. The Morgan fingerprint density at radius 1 is 0.588 bits per heavy atom. The van der Waals surface area contributed by atoms with Gasteiger partial charge in [-0.05, 0) is 38.5 Å². The minimum atomic E-state index is -4.58. The molecule has 0 spiro atoms. The summed E-state index contributed by atoms with van der Waals surface area (Å²) in [4.78, 5) is 45.6. The molecule has 0 rings (SSSR count). The lowest BCUT2D eigenvalue weighted by molar-refractivity contribution is -0.161. The molecule has 0 aromatic rings. The van der Waals surface area contributed by atoms with Crippen LogP contribution in [0, 0.1) is 0 Å². The Morgan fingerprint density at radius 3 is 1.43 bits per heavy atom. The zero-order valence-electron chi connectivity index (χ0n) is 32.5. The molecule has 300 valence electrons. The summed E-state index contributed by atoms with van der Waals surface area (Å²) < 4.78 is 32.7. The van der Waals surface area contributed by atoms with Crippen LogP contribution in [-0.2, 0) is 37.5 Å². The average Bonchev–Trinajstić information content (AvgIpc) is 3.12.